The number of halogens is 3. The Morgan fingerprint density at radius 3 is 2.50 bits per heavy atom. The molecule has 0 bridgehead atoms. The molecule has 2 aromatic rings. The fourth-order valence-electron chi connectivity index (χ4n) is 4.25. The summed E-state index contributed by atoms with van der Waals surface area (Å²) in [6.45, 7) is 2.99. The van der Waals surface area contributed by atoms with Crippen molar-refractivity contribution in [3.8, 4) is 0 Å². The molecule has 0 radical (unpaired) electrons. The van der Waals surface area contributed by atoms with Crippen LogP contribution in [0.3, 0.4) is 0 Å². The van der Waals surface area contributed by atoms with Gasteiger partial charge < -0.3 is 9.88 Å². The SMILES string of the molecule is Cn1ccnc1CN(Cc1cc(F)c(F)c(F)c1)[C@H]1CC12CCNCC2. The molecular formula is C19H23F3N4. The monoisotopic (exact) mass is 364 g/mol. The molecule has 0 amide bonds. The van der Waals surface area contributed by atoms with Crippen LogP contribution in [0.1, 0.15) is 30.7 Å². The Morgan fingerprint density at radius 2 is 1.88 bits per heavy atom. The third-order valence-corrected chi connectivity index (χ3v) is 5.88. The van der Waals surface area contributed by atoms with Crippen molar-refractivity contribution in [2.75, 3.05) is 13.1 Å². The standard InChI is InChI=1S/C19H23F3N4/c1-25-7-6-24-17(25)12-26(16-10-19(16)2-4-23-5-3-19)11-13-8-14(20)18(22)15(21)9-13/h6-9,16,23H,2-5,10-12H2,1H3/t16-/m0/s1. The molecule has 4 nitrogen and oxygen atoms in total. The smallest absolute Gasteiger partial charge is 0.194 e. The van der Waals surface area contributed by atoms with Crippen LogP contribution in [0.15, 0.2) is 24.5 Å². The molecule has 7 heteroatoms. The predicted molar refractivity (Wildman–Crippen MR) is 91.7 cm³/mol. The second-order valence-corrected chi connectivity index (χ2v) is 7.57. The predicted octanol–water partition coefficient (Wildman–Crippen LogP) is 2.98. The summed E-state index contributed by atoms with van der Waals surface area (Å²) in [5.74, 6) is -2.77. The molecule has 1 atom stereocenters. The van der Waals surface area contributed by atoms with Crippen LogP contribution < -0.4 is 5.32 Å². The van der Waals surface area contributed by atoms with Gasteiger partial charge in [0, 0.05) is 32.0 Å². The molecule has 1 aromatic heterocycles. The summed E-state index contributed by atoms with van der Waals surface area (Å²) in [5, 5.41) is 3.39. The van der Waals surface area contributed by atoms with E-state index in [1.54, 1.807) is 6.20 Å². The second kappa shape index (κ2) is 6.70. The fraction of sp³-hybridized carbons (Fsp3) is 0.526. The van der Waals surface area contributed by atoms with Gasteiger partial charge in [-0.15, -0.1) is 0 Å². The van der Waals surface area contributed by atoms with Gasteiger partial charge in [0.25, 0.3) is 0 Å². The average molecular weight is 364 g/mol. The van der Waals surface area contributed by atoms with Crippen LogP contribution >= 0.6 is 0 Å². The molecule has 26 heavy (non-hydrogen) atoms. The normalized spacial score (nSPS) is 21.5. The molecule has 1 saturated carbocycles. The first-order valence-corrected chi connectivity index (χ1v) is 9.03. The number of aryl methyl sites for hydroxylation is 1. The second-order valence-electron chi connectivity index (χ2n) is 7.57. The number of imidazole rings is 1. The van der Waals surface area contributed by atoms with Gasteiger partial charge in [0.2, 0.25) is 0 Å². The molecule has 2 heterocycles. The van der Waals surface area contributed by atoms with Gasteiger partial charge in [0.15, 0.2) is 17.5 Å². The van der Waals surface area contributed by atoms with Crippen LogP contribution in [0.5, 0.6) is 0 Å². The van der Waals surface area contributed by atoms with Gasteiger partial charge >= 0.3 is 0 Å². The number of hydrogen-bond acceptors (Lipinski definition) is 3. The molecule has 1 spiro atoms. The summed E-state index contributed by atoms with van der Waals surface area (Å²) < 4.78 is 42.5. The van der Waals surface area contributed by atoms with Gasteiger partial charge in [-0.1, -0.05) is 0 Å². The van der Waals surface area contributed by atoms with Crippen LogP contribution in [0, 0.1) is 22.9 Å². The number of nitrogens with one attached hydrogen (secondary N) is 1. The summed E-state index contributed by atoms with van der Waals surface area (Å²) >= 11 is 0. The molecule has 1 aliphatic heterocycles. The summed E-state index contributed by atoms with van der Waals surface area (Å²) in [6, 6.07) is 2.56. The summed E-state index contributed by atoms with van der Waals surface area (Å²) in [5.41, 5.74) is 0.736. The lowest BCUT2D eigenvalue weighted by Gasteiger charge is -2.29. The van der Waals surface area contributed by atoms with Crippen LogP contribution in [-0.2, 0) is 20.1 Å². The van der Waals surface area contributed by atoms with Crippen LogP contribution in [-0.4, -0.2) is 33.6 Å². The average Bonchev–Trinajstić information content (AvgIpc) is 3.14. The number of rotatable bonds is 5. The number of benzene rings is 1. The zero-order valence-electron chi connectivity index (χ0n) is 14.8. The van der Waals surface area contributed by atoms with E-state index in [0.29, 0.717) is 24.7 Å². The minimum atomic E-state index is -1.41. The molecule has 0 unspecified atom stereocenters. The summed E-state index contributed by atoms with van der Waals surface area (Å²) in [4.78, 5) is 6.63. The third kappa shape index (κ3) is 3.25. The Kier molecular flexibility index (Phi) is 4.52. The van der Waals surface area contributed by atoms with Crippen LogP contribution in [0.2, 0.25) is 0 Å². The van der Waals surface area contributed by atoms with Crippen molar-refractivity contribution in [3.05, 3.63) is 53.4 Å². The van der Waals surface area contributed by atoms with E-state index in [0.717, 1.165) is 50.3 Å². The largest absolute Gasteiger partial charge is 0.337 e. The minimum Gasteiger partial charge on any atom is -0.337 e. The maximum atomic E-state index is 13.6. The minimum absolute atomic E-state index is 0.285. The lowest BCUT2D eigenvalue weighted by atomic mass is 9.93. The molecule has 2 aliphatic rings. The van der Waals surface area contributed by atoms with Gasteiger partial charge in [-0.05, 0) is 55.5 Å². The molecule has 1 aliphatic carbocycles. The quantitative estimate of drug-likeness (QED) is 0.828. The molecule has 1 saturated heterocycles. The highest BCUT2D eigenvalue weighted by Gasteiger charge is 2.56. The number of piperidine rings is 1. The highest BCUT2D eigenvalue weighted by molar-refractivity contribution is 5.21. The third-order valence-electron chi connectivity index (χ3n) is 5.88. The number of aromatic nitrogens is 2. The van der Waals surface area contributed by atoms with Crippen molar-refractivity contribution in [1.29, 1.82) is 0 Å². The van der Waals surface area contributed by atoms with E-state index in [9.17, 15) is 13.2 Å². The summed E-state index contributed by atoms with van der Waals surface area (Å²) in [7, 11) is 1.94. The van der Waals surface area contributed by atoms with Crippen molar-refractivity contribution in [1.82, 2.24) is 19.8 Å². The van der Waals surface area contributed by atoms with Gasteiger partial charge in [-0.2, -0.15) is 0 Å². The topological polar surface area (TPSA) is 33.1 Å². The van der Waals surface area contributed by atoms with Crippen LogP contribution in [0.4, 0.5) is 13.2 Å². The van der Waals surface area contributed by atoms with E-state index in [4.69, 9.17) is 0 Å². The first kappa shape index (κ1) is 17.5. The first-order chi connectivity index (χ1) is 12.5. The Balaban J connectivity index is 1.58. The van der Waals surface area contributed by atoms with E-state index in [-0.39, 0.29) is 5.41 Å². The van der Waals surface area contributed by atoms with Crippen molar-refractivity contribution in [2.24, 2.45) is 12.5 Å². The van der Waals surface area contributed by atoms with E-state index in [1.165, 1.54) is 0 Å². The van der Waals surface area contributed by atoms with Gasteiger partial charge in [0.1, 0.15) is 5.82 Å². The van der Waals surface area contributed by atoms with Crippen LogP contribution in [0.25, 0.3) is 0 Å². The maximum Gasteiger partial charge on any atom is 0.194 e. The van der Waals surface area contributed by atoms with Gasteiger partial charge in [0.05, 0.1) is 6.54 Å². The lowest BCUT2D eigenvalue weighted by molar-refractivity contribution is 0.182. The van der Waals surface area contributed by atoms with E-state index >= 15 is 0 Å². The zero-order valence-corrected chi connectivity index (χ0v) is 14.8. The van der Waals surface area contributed by atoms with Gasteiger partial charge in [-0.3, -0.25) is 4.90 Å². The molecule has 4 rings (SSSR count). The highest BCUT2D eigenvalue weighted by Crippen LogP contribution is 2.56. The van der Waals surface area contributed by atoms with Crippen molar-refractivity contribution < 1.29 is 13.2 Å². The maximum absolute atomic E-state index is 13.6. The molecule has 140 valence electrons. The fourth-order valence-corrected chi connectivity index (χ4v) is 4.25. The van der Waals surface area contributed by atoms with E-state index < -0.39 is 17.5 Å². The van der Waals surface area contributed by atoms with Gasteiger partial charge in [-0.25, -0.2) is 18.2 Å². The highest BCUT2D eigenvalue weighted by atomic mass is 19.2. The van der Waals surface area contributed by atoms with Crippen molar-refractivity contribution in [3.63, 3.8) is 0 Å². The molecular weight excluding hydrogens is 341 g/mol. The Labute approximate surface area is 151 Å². The summed E-state index contributed by atoms with van der Waals surface area (Å²) in [6.07, 6.45) is 6.95. The number of nitrogens with zero attached hydrogens (tertiary/aromatic N) is 3. The van der Waals surface area contributed by atoms with E-state index in [2.05, 4.69) is 15.2 Å². The van der Waals surface area contributed by atoms with Crippen molar-refractivity contribution >= 4 is 0 Å². The zero-order chi connectivity index (χ0) is 18.3. The first-order valence-electron chi connectivity index (χ1n) is 9.03. The molecule has 1 aromatic carbocycles. The Hall–Kier alpha value is -1.86. The Morgan fingerprint density at radius 1 is 1.19 bits per heavy atom. The lowest BCUT2D eigenvalue weighted by Crippen LogP contribution is -2.36. The molecule has 2 fully saturated rings. The van der Waals surface area contributed by atoms with Crippen molar-refractivity contribution in [2.45, 2.75) is 38.4 Å². The number of hydrogen-bond donors (Lipinski definition) is 1. The Bertz CT molecular complexity index is 775. The van der Waals surface area contributed by atoms with E-state index in [1.807, 2.05) is 17.8 Å². The molecule has 1 N–H and O–H groups in total.